The van der Waals surface area contributed by atoms with E-state index in [1.165, 1.54) is 42.0 Å². The normalized spacial score (nSPS) is 13.1. The van der Waals surface area contributed by atoms with Gasteiger partial charge < -0.3 is 4.74 Å². The van der Waals surface area contributed by atoms with Crippen LogP contribution in [0.1, 0.15) is 55.5 Å². The standard InChI is InChI=1S/C25H31F3O5S2/c1-3-5-13-34(14-6-4-2)18-19-9-7-10-20(15-19)21-11-8-12-22(16-21)24(29)33-17-23(26)25(27,28)35(30,31)32/h7-12,15-16,23H,3-6,13-14,17-18H2,1-2H3/p+1. The largest absolute Gasteiger partial charge is 0.459 e. The van der Waals surface area contributed by atoms with Crippen molar-refractivity contribution in [2.45, 2.75) is 56.7 Å². The van der Waals surface area contributed by atoms with Crippen LogP contribution >= 0.6 is 0 Å². The maximum atomic E-state index is 13.6. The SMILES string of the molecule is CCCC[S+](CCCC)Cc1cccc(-c2cccc(C(=O)OCC(F)C(F)(F)S(=O)(=O)O)c2)c1. The Kier molecular flexibility index (Phi) is 11.1. The number of alkyl halides is 3. The molecule has 0 bridgehead atoms. The van der Waals surface area contributed by atoms with E-state index >= 15 is 0 Å². The Morgan fingerprint density at radius 1 is 1.03 bits per heavy atom. The number of hydrogen-bond acceptors (Lipinski definition) is 4. The van der Waals surface area contributed by atoms with Gasteiger partial charge in [0, 0.05) is 5.56 Å². The number of unbranched alkanes of at least 4 members (excludes halogenated alkanes) is 2. The zero-order chi connectivity index (χ0) is 26.1. The number of ether oxygens (including phenoxy) is 1. The number of benzene rings is 2. The third-order valence-corrected chi connectivity index (χ3v) is 8.79. The number of rotatable bonds is 14. The van der Waals surface area contributed by atoms with Gasteiger partial charge in [0.1, 0.15) is 23.9 Å². The summed E-state index contributed by atoms with van der Waals surface area (Å²) in [6.07, 6.45) is 1.32. The lowest BCUT2D eigenvalue weighted by molar-refractivity contribution is -0.0357. The summed E-state index contributed by atoms with van der Waals surface area (Å²) in [6, 6.07) is 14.2. The molecule has 0 aliphatic heterocycles. The molecule has 0 fully saturated rings. The van der Waals surface area contributed by atoms with Crippen molar-refractivity contribution in [3.63, 3.8) is 0 Å². The molecule has 1 unspecified atom stereocenters. The summed E-state index contributed by atoms with van der Waals surface area (Å²) < 4.78 is 74.6. The van der Waals surface area contributed by atoms with Crippen LogP contribution in [0.25, 0.3) is 11.1 Å². The van der Waals surface area contributed by atoms with Gasteiger partial charge in [0.15, 0.2) is 0 Å². The highest BCUT2D eigenvalue weighted by atomic mass is 32.2. The molecule has 0 aliphatic rings. The molecule has 1 N–H and O–H groups in total. The molecule has 0 heterocycles. The molecule has 1 atom stereocenters. The van der Waals surface area contributed by atoms with E-state index in [9.17, 15) is 26.4 Å². The van der Waals surface area contributed by atoms with Crippen LogP contribution in [0, 0.1) is 0 Å². The minimum atomic E-state index is -5.98. The summed E-state index contributed by atoms with van der Waals surface area (Å²) in [5, 5.41) is -5.08. The average Bonchev–Trinajstić information content (AvgIpc) is 2.83. The molecule has 0 saturated heterocycles. The molecule has 2 rings (SSSR count). The van der Waals surface area contributed by atoms with Crippen LogP contribution in [-0.2, 0) is 31.5 Å². The summed E-state index contributed by atoms with van der Waals surface area (Å²) in [5.74, 6) is 2.30. The molecular formula is C25H32F3O5S2+. The van der Waals surface area contributed by atoms with Gasteiger partial charge in [-0.1, -0.05) is 57.0 Å². The van der Waals surface area contributed by atoms with Crippen LogP contribution in [0.3, 0.4) is 0 Å². The lowest BCUT2D eigenvalue weighted by Gasteiger charge is -2.17. The Morgan fingerprint density at radius 3 is 2.17 bits per heavy atom. The monoisotopic (exact) mass is 533 g/mol. The van der Waals surface area contributed by atoms with Gasteiger partial charge in [-0.15, -0.1) is 0 Å². The Labute approximate surface area is 208 Å². The van der Waals surface area contributed by atoms with Crippen molar-refractivity contribution < 1.29 is 35.7 Å². The van der Waals surface area contributed by atoms with E-state index in [0.717, 1.165) is 24.2 Å². The van der Waals surface area contributed by atoms with Crippen LogP contribution in [0.4, 0.5) is 13.2 Å². The van der Waals surface area contributed by atoms with Crippen molar-refractivity contribution >= 4 is 27.0 Å². The van der Waals surface area contributed by atoms with Crippen molar-refractivity contribution in [2.24, 2.45) is 0 Å². The van der Waals surface area contributed by atoms with Crippen LogP contribution in [-0.4, -0.2) is 48.5 Å². The smallest absolute Gasteiger partial charge is 0.403 e. The Balaban J connectivity index is 2.12. The third kappa shape index (κ3) is 8.54. The molecule has 2 aromatic rings. The summed E-state index contributed by atoms with van der Waals surface area (Å²) in [4.78, 5) is 12.3. The minimum absolute atomic E-state index is 0.000850. The van der Waals surface area contributed by atoms with Gasteiger partial charge in [0.25, 0.3) is 0 Å². The molecule has 2 aromatic carbocycles. The van der Waals surface area contributed by atoms with E-state index in [0.29, 0.717) is 16.5 Å². The fourth-order valence-electron chi connectivity index (χ4n) is 3.34. The third-order valence-electron chi connectivity index (χ3n) is 5.37. The van der Waals surface area contributed by atoms with Gasteiger partial charge in [-0.3, -0.25) is 4.55 Å². The topological polar surface area (TPSA) is 80.7 Å². The van der Waals surface area contributed by atoms with Crippen LogP contribution in [0.15, 0.2) is 48.5 Å². The summed E-state index contributed by atoms with van der Waals surface area (Å²) >= 11 is 0. The molecular weight excluding hydrogens is 501 g/mol. The quantitative estimate of drug-likeness (QED) is 0.182. The first kappa shape index (κ1) is 29.2. The molecule has 35 heavy (non-hydrogen) atoms. The molecule has 10 heteroatoms. The molecule has 0 amide bonds. The van der Waals surface area contributed by atoms with Crippen molar-refractivity contribution in [3.8, 4) is 11.1 Å². The van der Waals surface area contributed by atoms with E-state index in [1.807, 2.05) is 12.1 Å². The highest BCUT2D eigenvalue weighted by Crippen LogP contribution is 2.28. The number of hydrogen-bond donors (Lipinski definition) is 1. The summed E-state index contributed by atoms with van der Waals surface area (Å²) in [7, 11) is -5.68. The van der Waals surface area contributed by atoms with E-state index < -0.39 is 34.1 Å². The zero-order valence-electron chi connectivity index (χ0n) is 19.9. The highest BCUT2D eigenvalue weighted by Gasteiger charge is 2.53. The second-order valence-electron chi connectivity index (χ2n) is 8.26. The minimum Gasteiger partial charge on any atom is -0.459 e. The van der Waals surface area contributed by atoms with Crippen LogP contribution in [0.5, 0.6) is 0 Å². The zero-order valence-corrected chi connectivity index (χ0v) is 21.5. The molecule has 5 nitrogen and oxygen atoms in total. The van der Waals surface area contributed by atoms with Gasteiger partial charge in [0.05, 0.1) is 5.56 Å². The van der Waals surface area contributed by atoms with Crippen molar-refractivity contribution in [1.82, 2.24) is 0 Å². The second-order valence-corrected chi connectivity index (χ2v) is 12.1. The lowest BCUT2D eigenvalue weighted by atomic mass is 10.0. The fourth-order valence-corrected chi connectivity index (χ4v) is 6.27. The number of halogens is 3. The molecule has 194 valence electrons. The predicted octanol–water partition coefficient (Wildman–Crippen LogP) is 6.05. The average molecular weight is 534 g/mol. The second kappa shape index (κ2) is 13.3. The van der Waals surface area contributed by atoms with Gasteiger partial charge in [-0.2, -0.15) is 17.2 Å². The Bertz CT molecular complexity index is 1070. The van der Waals surface area contributed by atoms with Crippen molar-refractivity contribution in [2.75, 3.05) is 18.1 Å². The maximum Gasteiger partial charge on any atom is 0.403 e. The fraction of sp³-hybridized carbons (Fsp3) is 0.480. The summed E-state index contributed by atoms with van der Waals surface area (Å²) in [5.41, 5.74) is 2.76. The predicted molar refractivity (Wildman–Crippen MR) is 134 cm³/mol. The first-order valence-corrected chi connectivity index (χ1v) is 14.7. The van der Waals surface area contributed by atoms with Gasteiger partial charge >= 0.3 is 21.3 Å². The van der Waals surface area contributed by atoms with Crippen LogP contribution in [0.2, 0.25) is 0 Å². The summed E-state index contributed by atoms with van der Waals surface area (Å²) in [6.45, 7) is 2.85. The Hall–Kier alpha value is -2.04. The van der Waals surface area contributed by atoms with E-state index in [2.05, 4.69) is 30.7 Å². The van der Waals surface area contributed by atoms with E-state index in [-0.39, 0.29) is 5.56 Å². The number of carbonyl (C=O) groups excluding carboxylic acids is 1. The van der Waals surface area contributed by atoms with Crippen molar-refractivity contribution in [1.29, 1.82) is 0 Å². The van der Waals surface area contributed by atoms with Gasteiger partial charge in [0.2, 0.25) is 6.17 Å². The molecule has 0 aromatic heterocycles. The van der Waals surface area contributed by atoms with Crippen molar-refractivity contribution in [3.05, 3.63) is 59.7 Å². The molecule has 0 spiro atoms. The molecule has 0 aliphatic carbocycles. The number of carbonyl (C=O) groups is 1. The van der Waals surface area contributed by atoms with Gasteiger partial charge in [-0.05, 0) is 53.1 Å². The highest BCUT2D eigenvalue weighted by molar-refractivity contribution is 7.96. The first-order valence-electron chi connectivity index (χ1n) is 11.5. The van der Waals surface area contributed by atoms with Crippen LogP contribution < -0.4 is 0 Å². The maximum absolute atomic E-state index is 13.6. The van der Waals surface area contributed by atoms with E-state index in [4.69, 9.17) is 4.55 Å². The van der Waals surface area contributed by atoms with Gasteiger partial charge in [-0.25, -0.2) is 9.18 Å². The Morgan fingerprint density at radius 2 is 1.60 bits per heavy atom. The number of esters is 1. The molecule has 0 saturated carbocycles. The lowest BCUT2D eigenvalue weighted by Crippen LogP contribution is -2.41. The molecule has 0 radical (unpaired) electrons. The first-order chi connectivity index (χ1) is 16.5. The van der Waals surface area contributed by atoms with E-state index in [1.54, 1.807) is 12.1 Å².